The summed E-state index contributed by atoms with van der Waals surface area (Å²) in [5.74, 6) is 0. The molecule has 0 unspecified atom stereocenters. The summed E-state index contributed by atoms with van der Waals surface area (Å²) in [4.78, 5) is 0.156. The van der Waals surface area contributed by atoms with Crippen molar-refractivity contribution in [2.45, 2.75) is 37.6 Å². The lowest BCUT2D eigenvalue weighted by molar-refractivity contribution is 0.0655. The highest BCUT2D eigenvalue weighted by molar-refractivity contribution is 7.89. The third-order valence-corrected chi connectivity index (χ3v) is 4.24. The van der Waals surface area contributed by atoms with Gasteiger partial charge in [-0.15, -0.1) is 0 Å². The second kappa shape index (κ2) is 4.40. The summed E-state index contributed by atoms with van der Waals surface area (Å²) >= 11 is 0. The molecule has 0 aromatic carbocycles. The molecule has 0 aliphatic carbocycles. The maximum Gasteiger partial charge on any atom is 0.241 e. The first-order valence-corrected chi connectivity index (χ1v) is 7.12. The van der Waals surface area contributed by atoms with Crippen molar-refractivity contribution in [3.63, 3.8) is 0 Å². The van der Waals surface area contributed by atoms with Crippen LogP contribution in [0.4, 0.5) is 0 Å². The van der Waals surface area contributed by atoms with Gasteiger partial charge in [-0.1, -0.05) is 0 Å². The van der Waals surface area contributed by atoms with Gasteiger partial charge in [-0.25, -0.2) is 13.6 Å². The molecule has 96 valence electrons. The van der Waals surface area contributed by atoms with Gasteiger partial charge in [0.2, 0.25) is 10.0 Å². The Morgan fingerprint density at radius 3 is 2.41 bits per heavy atom. The molecule has 1 fully saturated rings. The van der Waals surface area contributed by atoms with Gasteiger partial charge < -0.3 is 4.74 Å². The van der Waals surface area contributed by atoms with E-state index < -0.39 is 10.0 Å². The molecule has 1 aliphatic rings. The average Bonchev–Trinajstić information content (AvgIpc) is 2.54. The summed E-state index contributed by atoms with van der Waals surface area (Å²) in [6, 6.07) is 0.206. The fraction of sp³-hybridized carbons (Fsp3) is 0.700. The molecular formula is C10H17N3O3S. The zero-order chi connectivity index (χ0) is 12.6. The second-order valence-corrected chi connectivity index (χ2v) is 5.83. The maximum atomic E-state index is 11.5. The SMILES string of the molecule is Cc1nn(C2CCOCC2)c(C)c1S(N)(=O)=O. The Morgan fingerprint density at radius 1 is 1.35 bits per heavy atom. The predicted molar refractivity (Wildman–Crippen MR) is 62.2 cm³/mol. The van der Waals surface area contributed by atoms with Crippen LogP contribution in [-0.2, 0) is 14.8 Å². The van der Waals surface area contributed by atoms with Gasteiger partial charge in [0.05, 0.1) is 17.4 Å². The molecule has 1 aromatic heterocycles. The maximum absolute atomic E-state index is 11.5. The first kappa shape index (κ1) is 12.5. The van der Waals surface area contributed by atoms with Crippen molar-refractivity contribution in [1.82, 2.24) is 9.78 Å². The molecule has 0 radical (unpaired) electrons. The molecule has 2 rings (SSSR count). The van der Waals surface area contributed by atoms with Crippen LogP contribution in [0.15, 0.2) is 4.90 Å². The van der Waals surface area contributed by atoms with E-state index in [4.69, 9.17) is 9.88 Å². The molecule has 0 amide bonds. The van der Waals surface area contributed by atoms with Crippen LogP contribution in [0, 0.1) is 13.8 Å². The Hall–Kier alpha value is -0.920. The highest BCUT2D eigenvalue weighted by Gasteiger charge is 2.25. The number of sulfonamides is 1. The highest BCUT2D eigenvalue weighted by atomic mass is 32.2. The topological polar surface area (TPSA) is 87.2 Å². The second-order valence-electron chi connectivity index (χ2n) is 4.33. The summed E-state index contributed by atoms with van der Waals surface area (Å²) in [6.45, 7) is 4.79. The predicted octanol–water partition coefficient (Wildman–Crippen LogP) is 0.499. The van der Waals surface area contributed by atoms with E-state index in [1.807, 2.05) is 0 Å². The summed E-state index contributed by atoms with van der Waals surface area (Å²) in [6.07, 6.45) is 1.71. The molecule has 2 N–H and O–H groups in total. The van der Waals surface area contributed by atoms with E-state index in [1.54, 1.807) is 18.5 Å². The van der Waals surface area contributed by atoms with Gasteiger partial charge in [0.15, 0.2) is 0 Å². The van der Waals surface area contributed by atoms with Crippen molar-refractivity contribution < 1.29 is 13.2 Å². The standard InChI is InChI=1S/C10H17N3O3S/c1-7-10(17(11,14)15)8(2)13(12-7)9-3-5-16-6-4-9/h9H,3-6H2,1-2H3,(H2,11,14,15). The van der Waals surface area contributed by atoms with E-state index in [1.165, 1.54) is 0 Å². The minimum absolute atomic E-state index is 0.156. The highest BCUT2D eigenvalue weighted by Crippen LogP contribution is 2.26. The Kier molecular flexibility index (Phi) is 3.24. The molecular weight excluding hydrogens is 242 g/mol. The van der Waals surface area contributed by atoms with Gasteiger partial charge in [0.25, 0.3) is 0 Å². The van der Waals surface area contributed by atoms with Gasteiger partial charge in [-0.2, -0.15) is 5.10 Å². The van der Waals surface area contributed by atoms with E-state index in [9.17, 15) is 8.42 Å². The minimum atomic E-state index is -3.70. The van der Waals surface area contributed by atoms with Crippen molar-refractivity contribution in [1.29, 1.82) is 0 Å². The largest absolute Gasteiger partial charge is 0.381 e. The van der Waals surface area contributed by atoms with Crippen molar-refractivity contribution in [2.24, 2.45) is 5.14 Å². The third kappa shape index (κ3) is 2.36. The van der Waals surface area contributed by atoms with Crippen LogP contribution in [0.5, 0.6) is 0 Å². The van der Waals surface area contributed by atoms with Gasteiger partial charge in [-0.3, -0.25) is 4.68 Å². The van der Waals surface area contributed by atoms with Crippen LogP contribution in [-0.4, -0.2) is 31.4 Å². The van der Waals surface area contributed by atoms with Gasteiger partial charge in [0, 0.05) is 13.2 Å². The van der Waals surface area contributed by atoms with E-state index >= 15 is 0 Å². The number of ether oxygens (including phenoxy) is 1. The molecule has 1 aromatic rings. The van der Waals surface area contributed by atoms with Crippen LogP contribution >= 0.6 is 0 Å². The van der Waals surface area contributed by atoms with Crippen molar-refractivity contribution in [2.75, 3.05) is 13.2 Å². The molecule has 7 heteroatoms. The Balaban J connectivity index is 2.43. The lowest BCUT2D eigenvalue weighted by Crippen LogP contribution is -2.22. The number of nitrogens with two attached hydrogens (primary N) is 1. The summed E-state index contributed by atoms with van der Waals surface area (Å²) in [7, 11) is -3.70. The average molecular weight is 259 g/mol. The van der Waals surface area contributed by atoms with Crippen molar-refractivity contribution in [3.05, 3.63) is 11.4 Å². The third-order valence-electron chi connectivity index (χ3n) is 3.08. The quantitative estimate of drug-likeness (QED) is 0.837. The fourth-order valence-corrected chi connectivity index (χ4v) is 3.30. The van der Waals surface area contributed by atoms with Gasteiger partial charge in [0.1, 0.15) is 4.90 Å². The number of aromatic nitrogens is 2. The molecule has 0 saturated carbocycles. The first-order valence-electron chi connectivity index (χ1n) is 5.57. The van der Waals surface area contributed by atoms with Crippen molar-refractivity contribution >= 4 is 10.0 Å². The lowest BCUT2D eigenvalue weighted by atomic mass is 10.1. The summed E-state index contributed by atoms with van der Waals surface area (Å²) in [5.41, 5.74) is 1.09. The number of primary sulfonamides is 1. The van der Waals surface area contributed by atoms with Crippen LogP contribution in [0.3, 0.4) is 0 Å². The lowest BCUT2D eigenvalue weighted by Gasteiger charge is -2.23. The number of hydrogen-bond donors (Lipinski definition) is 1. The van der Waals surface area contributed by atoms with Crippen molar-refractivity contribution in [3.8, 4) is 0 Å². The van der Waals surface area contributed by atoms with Crippen LogP contribution in [0.2, 0.25) is 0 Å². The van der Waals surface area contributed by atoms with Crippen LogP contribution < -0.4 is 5.14 Å². The normalized spacial score (nSPS) is 18.5. The zero-order valence-corrected chi connectivity index (χ0v) is 10.8. The van der Waals surface area contributed by atoms with Crippen LogP contribution in [0.1, 0.15) is 30.3 Å². The monoisotopic (exact) mass is 259 g/mol. The number of aryl methyl sites for hydroxylation is 1. The van der Waals surface area contributed by atoms with Gasteiger partial charge in [-0.05, 0) is 26.7 Å². The molecule has 1 saturated heterocycles. The summed E-state index contributed by atoms with van der Waals surface area (Å²) in [5, 5.41) is 9.50. The molecule has 17 heavy (non-hydrogen) atoms. The van der Waals surface area contributed by atoms with Gasteiger partial charge >= 0.3 is 0 Å². The molecule has 0 spiro atoms. The van der Waals surface area contributed by atoms with E-state index in [2.05, 4.69) is 5.10 Å². The Bertz CT molecular complexity index is 515. The number of hydrogen-bond acceptors (Lipinski definition) is 4. The molecule has 2 heterocycles. The van der Waals surface area contributed by atoms with E-state index in [-0.39, 0.29) is 10.9 Å². The zero-order valence-electron chi connectivity index (χ0n) is 10.0. The fourth-order valence-electron chi connectivity index (χ4n) is 2.34. The minimum Gasteiger partial charge on any atom is -0.381 e. The molecule has 1 aliphatic heterocycles. The molecule has 6 nitrogen and oxygen atoms in total. The number of nitrogens with zero attached hydrogens (tertiary/aromatic N) is 2. The first-order chi connectivity index (χ1) is 7.91. The van der Waals surface area contributed by atoms with Crippen LogP contribution in [0.25, 0.3) is 0 Å². The van der Waals surface area contributed by atoms with E-state index in [0.29, 0.717) is 24.6 Å². The summed E-state index contributed by atoms with van der Waals surface area (Å²) < 4.78 is 30.0. The smallest absolute Gasteiger partial charge is 0.241 e. The number of rotatable bonds is 2. The Morgan fingerprint density at radius 2 is 1.94 bits per heavy atom. The molecule has 0 atom stereocenters. The Labute approximate surface area is 101 Å². The molecule has 0 bridgehead atoms. The van der Waals surface area contributed by atoms with E-state index in [0.717, 1.165) is 12.8 Å².